The average Bonchev–Trinajstić information content (AvgIpc) is 3.17. The van der Waals surface area contributed by atoms with E-state index in [0.29, 0.717) is 16.9 Å². The molecule has 1 saturated heterocycles. The van der Waals surface area contributed by atoms with Crippen molar-refractivity contribution in [1.29, 1.82) is 0 Å². The van der Waals surface area contributed by atoms with Gasteiger partial charge in [0.2, 0.25) is 0 Å². The normalized spacial score (nSPS) is 23.1. The summed E-state index contributed by atoms with van der Waals surface area (Å²) in [6, 6.07) is 1.75. The maximum atomic E-state index is 11.1. The molecule has 0 N–H and O–H groups in total. The van der Waals surface area contributed by atoms with Gasteiger partial charge < -0.3 is 14.0 Å². The first kappa shape index (κ1) is 14.5. The molecule has 0 bridgehead atoms. The topological polar surface area (TPSA) is 57.7 Å². The Bertz CT molecular complexity index is 553. The maximum Gasteiger partial charge on any atom is 0.514 e. The van der Waals surface area contributed by atoms with Gasteiger partial charge in [-0.05, 0) is 46.6 Å². The number of carbonyl (C=O) groups excluding carboxylic acids is 1. The lowest BCUT2D eigenvalue weighted by atomic mass is 9.84. The van der Waals surface area contributed by atoms with Crippen molar-refractivity contribution in [3.63, 3.8) is 0 Å². The van der Waals surface area contributed by atoms with Gasteiger partial charge in [-0.15, -0.1) is 0 Å². The van der Waals surface area contributed by atoms with Gasteiger partial charge in [0.25, 0.3) is 0 Å². The Morgan fingerprint density at radius 2 is 1.90 bits per heavy atom. The van der Waals surface area contributed by atoms with Gasteiger partial charge in [-0.2, -0.15) is 0 Å². The molecule has 2 heterocycles. The Morgan fingerprint density at radius 3 is 2.43 bits per heavy atom. The molecule has 1 saturated carbocycles. The van der Waals surface area contributed by atoms with E-state index >= 15 is 0 Å². The van der Waals surface area contributed by atoms with Crippen LogP contribution in [0.25, 0.3) is 0 Å². The number of aromatic nitrogens is 1. The fourth-order valence-electron chi connectivity index (χ4n) is 2.11. The Morgan fingerprint density at radius 1 is 1.29 bits per heavy atom. The van der Waals surface area contributed by atoms with E-state index in [9.17, 15) is 4.79 Å². The molecule has 0 aromatic carbocycles. The lowest BCUT2D eigenvalue weighted by Crippen LogP contribution is -2.41. The minimum Gasteiger partial charge on any atom is -0.490 e. The molecular weight excluding hydrogens is 269 g/mol. The molecule has 0 atom stereocenters. The molecule has 0 spiro atoms. The number of rotatable bonds is 4. The van der Waals surface area contributed by atoms with Crippen LogP contribution in [-0.4, -0.2) is 35.7 Å². The number of pyridine rings is 1. The molecule has 21 heavy (non-hydrogen) atoms. The predicted octanol–water partition coefficient (Wildman–Crippen LogP) is 1.73. The van der Waals surface area contributed by atoms with E-state index in [0.717, 1.165) is 19.1 Å². The molecule has 0 unspecified atom stereocenters. The summed E-state index contributed by atoms with van der Waals surface area (Å²) in [7, 11) is -0.544. The van der Waals surface area contributed by atoms with E-state index in [2.05, 4.69) is 4.98 Å². The second-order valence-electron chi connectivity index (χ2n) is 6.67. The van der Waals surface area contributed by atoms with Gasteiger partial charge in [0, 0.05) is 6.20 Å². The smallest absolute Gasteiger partial charge is 0.490 e. The van der Waals surface area contributed by atoms with Gasteiger partial charge in [-0.25, -0.2) is 0 Å². The van der Waals surface area contributed by atoms with Crippen molar-refractivity contribution in [3.8, 4) is 5.75 Å². The zero-order valence-electron chi connectivity index (χ0n) is 12.9. The Kier molecular flexibility index (Phi) is 3.33. The Balaban J connectivity index is 1.87. The zero-order chi connectivity index (χ0) is 15.3. The highest BCUT2D eigenvalue weighted by Crippen LogP contribution is 2.36. The number of aldehydes is 1. The predicted molar refractivity (Wildman–Crippen MR) is 79.0 cm³/mol. The Labute approximate surface area is 125 Å². The zero-order valence-corrected chi connectivity index (χ0v) is 12.9. The standard InChI is InChI=1S/C15H20BNO4/c1-14(2)15(3,4)21-16(20-14)13-7-12(19-11-5-6-11)10(9-18)8-17-13/h7-9,11H,5-6H2,1-4H3. The van der Waals surface area contributed by atoms with Gasteiger partial charge in [-0.3, -0.25) is 9.78 Å². The van der Waals surface area contributed by atoms with Gasteiger partial charge in [-0.1, -0.05) is 0 Å². The van der Waals surface area contributed by atoms with E-state index < -0.39 is 18.3 Å². The van der Waals surface area contributed by atoms with Gasteiger partial charge >= 0.3 is 7.12 Å². The molecule has 1 aromatic heterocycles. The Hall–Kier alpha value is -1.40. The third-order valence-electron chi connectivity index (χ3n) is 4.36. The van der Waals surface area contributed by atoms with E-state index in [1.54, 1.807) is 6.07 Å². The van der Waals surface area contributed by atoms with Gasteiger partial charge in [0.1, 0.15) is 5.75 Å². The van der Waals surface area contributed by atoms with E-state index in [-0.39, 0.29) is 6.10 Å². The van der Waals surface area contributed by atoms with Crippen LogP contribution in [0.1, 0.15) is 50.9 Å². The molecule has 0 amide bonds. The molecular formula is C15H20BNO4. The molecule has 1 aromatic rings. The van der Waals surface area contributed by atoms with E-state index in [1.807, 2.05) is 27.7 Å². The molecule has 2 fully saturated rings. The summed E-state index contributed by atoms with van der Waals surface area (Å²) in [5, 5.41) is 0. The SMILES string of the molecule is CC1(C)OB(c2cc(OC3CC3)c(C=O)cn2)OC1(C)C. The summed E-state index contributed by atoms with van der Waals surface area (Å²) in [6.07, 6.45) is 4.57. The second-order valence-corrected chi connectivity index (χ2v) is 6.67. The summed E-state index contributed by atoms with van der Waals surface area (Å²) < 4.78 is 17.7. The highest BCUT2D eigenvalue weighted by molar-refractivity contribution is 6.61. The van der Waals surface area contributed by atoms with Crippen LogP contribution in [0.4, 0.5) is 0 Å². The lowest BCUT2D eigenvalue weighted by Gasteiger charge is -2.32. The lowest BCUT2D eigenvalue weighted by molar-refractivity contribution is 0.00578. The summed E-state index contributed by atoms with van der Waals surface area (Å²) in [5.41, 5.74) is 0.262. The molecule has 1 aliphatic heterocycles. The number of ether oxygens (including phenoxy) is 1. The monoisotopic (exact) mass is 289 g/mol. The first-order valence-corrected chi connectivity index (χ1v) is 7.30. The number of carbonyl (C=O) groups is 1. The number of hydrogen-bond donors (Lipinski definition) is 0. The van der Waals surface area contributed by atoms with Crippen LogP contribution < -0.4 is 10.3 Å². The van der Waals surface area contributed by atoms with Crippen molar-refractivity contribution in [2.24, 2.45) is 0 Å². The summed E-state index contributed by atoms with van der Waals surface area (Å²) in [4.78, 5) is 15.4. The van der Waals surface area contributed by atoms with Gasteiger partial charge in [0.15, 0.2) is 6.29 Å². The molecule has 112 valence electrons. The molecule has 0 radical (unpaired) electrons. The maximum absolute atomic E-state index is 11.1. The van der Waals surface area contributed by atoms with Crippen LogP contribution in [-0.2, 0) is 9.31 Å². The van der Waals surface area contributed by atoms with Crippen molar-refractivity contribution in [2.75, 3.05) is 0 Å². The quantitative estimate of drug-likeness (QED) is 0.624. The second kappa shape index (κ2) is 4.82. The minimum atomic E-state index is -0.544. The van der Waals surface area contributed by atoms with Crippen LogP contribution in [0, 0.1) is 0 Å². The van der Waals surface area contributed by atoms with Crippen LogP contribution in [0.15, 0.2) is 12.3 Å². The fraction of sp³-hybridized carbons (Fsp3) is 0.600. The first-order valence-electron chi connectivity index (χ1n) is 7.30. The number of nitrogens with zero attached hydrogens (tertiary/aromatic N) is 1. The highest BCUT2D eigenvalue weighted by atomic mass is 16.7. The summed E-state index contributed by atoms with van der Waals surface area (Å²) in [6.45, 7) is 7.98. The summed E-state index contributed by atoms with van der Waals surface area (Å²) in [5.74, 6) is 0.562. The fourth-order valence-corrected chi connectivity index (χ4v) is 2.11. The molecule has 5 nitrogen and oxygen atoms in total. The summed E-state index contributed by atoms with van der Waals surface area (Å²) >= 11 is 0. The molecule has 3 rings (SSSR count). The van der Waals surface area contributed by atoms with Crippen molar-refractivity contribution >= 4 is 19.0 Å². The minimum absolute atomic E-state index is 0.220. The van der Waals surface area contributed by atoms with Crippen molar-refractivity contribution < 1.29 is 18.8 Å². The average molecular weight is 289 g/mol. The van der Waals surface area contributed by atoms with Crippen LogP contribution in [0.2, 0.25) is 0 Å². The first-order chi connectivity index (χ1) is 9.82. The third kappa shape index (κ3) is 2.70. The molecule has 2 aliphatic rings. The van der Waals surface area contributed by atoms with E-state index in [4.69, 9.17) is 14.0 Å². The van der Waals surface area contributed by atoms with Crippen molar-refractivity contribution in [1.82, 2.24) is 4.98 Å². The van der Waals surface area contributed by atoms with Crippen LogP contribution in [0.3, 0.4) is 0 Å². The van der Waals surface area contributed by atoms with Gasteiger partial charge in [0.05, 0.1) is 28.5 Å². The van der Waals surface area contributed by atoms with Crippen molar-refractivity contribution in [3.05, 3.63) is 17.8 Å². The van der Waals surface area contributed by atoms with E-state index in [1.165, 1.54) is 6.20 Å². The third-order valence-corrected chi connectivity index (χ3v) is 4.36. The van der Waals surface area contributed by atoms with Crippen LogP contribution >= 0.6 is 0 Å². The van der Waals surface area contributed by atoms with Crippen molar-refractivity contribution in [2.45, 2.75) is 57.8 Å². The number of hydrogen-bond acceptors (Lipinski definition) is 5. The van der Waals surface area contributed by atoms with Crippen LogP contribution in [0.5, 0.6) is 5.75 Å². The highest BCUT2D eigenvalue weighted by Gasteiger charge is 2.52. The largest absolute Gasteiger partial charge is 0.514 e. The molecule has 1 aliphatic carbocycles. The molecule has 6 heteroatoms.